The fraction of sp³-hybridized carbons (Fsp3) is 0.300. The number of nitrogens with one attached hydrogen (secondary N) is 2. The highest BCUT2D eigenvalue weighted by Gasteiger charge is 2.20. The molecule has 1 atom stereocenters. The minimum atomic E-state index is -0.693. The highest BCUT2D eigenvalue weighted by Crippen LogP contribution is 2.23. The maximum Gasteiger partial charge on any atom is 0.330 e. The van der Waals surface area contributed by atoms with E-state index in [1.807, 2.05) is 86.6 Å². The number of ether oxygens (including phenoxy) is 3. The van der Waals surface area contributed by atoms with Crippen LogP contribution < -0.4 is 15.4 Å². The summed E-state index contributed by atoms with van der Waals surface area (Å²) in [6.07, 6.45) is 0. The van der Waals surface area contributed by atoms with E-state index in [4.69, 9.17) is 14.2 Å². The standard InChI is InChI=1S/C30H35N7O5S/c1-4-36(5-2)30(39)43-29-33-34-35-37(29)25-15-9-13-23(17-25)31-21-42-26-16-10-14-24(18-26)32-27(28(38)40-3)20-41-19-22-11-7-6-8-12-22/h6-18,27,31-32H,4-5,19-21H2,1-3H3. The number of anilines is 2. The number of hydrogen-bond acceptors (Lipinski definition) is 11. The molecule has 4 rings (SSSR count). The molecule has 0 aliphatic carbocycles. The van der Waals surface area contributed by atoms with Crippen molar-refractivity contribution in [1.82, 2.24) is 25.1 Å². The molecular formula is C30H35N7O5S. The lowest BCUT2D eigenvalue weighted by Gasteiger charge is -2.18. The minimum absolute atomic E-state index is 0.113. The monoisotopic (exact) mass is 605 g/mol. The lowest BCUT2D eigenvalue weighted by molar-refractivity contribution is -0.143. The molecule has 4 aromatic rings. The van der Waals surface area contributed by atoms with Crippen molar-refractivity contribution in [2.75, 3.05) is 44.2 Å². The van der Waals surface area contributed by atoms with Crippen LogP contribution in [-0.2, 0) is 20.9 Å². The topological polar surface area (TPSA) is 133 Å². The molecule has 226 valence electrons. The van der Waals surface area contributed by atoms with Crippen LogP contribution in [0.4, 0.5) is 16.2 Å². The van der Waals surface area contributed by atoms with Crippen LogP contribution in [0.5, 0.6) is 5.75 Å². The molecule has 3 aromatic carbocycles. The van der Waals surface area contributed by atoms with Crippen molar-refractivity contribution in [3.63, 3.8) is 0 Å². The van der Waals surface area contributed by atoms with Gasteiger partial charge in [-0.25, -0.2) is 4.79 Å². The Kier molecular flexibility index (Phi) is 11.7. The first-order valence-corrected chi connectivity index (χ1v) is 14.6. The highest BCUT2D eigenvalue weighted by atomic mass is 32.2. The van der Waals surface area contributed by atoms with Gasteiger partial charge in [-0.3, -0.25) is 4.79 Å². The van der Waals surface area contributed by atoms with Crippen molar-refractivity contribution in [2.24, 2.45) is 0 Å². The quantitative estimate of drug-likeness (QED) is 0.110. The van der Waals surface area contributed by atoms with Crippen LogP contribution in [0.2, 0.25) is 0 Å². The molecule has 1 aromatic heterocycles. The summed E-state index contributed by atoms with van der Waals surface area (Å²) in [5.41, 5.74) is 3.16. The summed E-state index contributed by atoms with van der Waals surface area (Å²) in [5.74, 6) is 0.166. The molecule has 1 unspecified atom stereocenters. The molecule has 13 heteroatoms. The number of tetrazole rings is 1. The summed E-state index contributed by atoms with van der Waals surface area (Å²) in [6, 6.07) is 23.8. The summed E-state index contributed by atoms with van der Waals surface area (Å²) in [5, 5.41) is 18.5. The zero-order valence-electron chi connectivity index (χ0n) is 24.3. The van der Waals surface area contributed by atoms with E-state index >= 15 is 0 Å². The number of thioether (sulfide) groups is 1. The lowest BCUT2D eigenvalue weighted by Crippen LogP contribution is -2.35. The van der Waals surface area contributed by atoms with Crippen LogP contribution in [-0.4, -0.2) is 75.9 Å². The fourth-order valence-electron chi connectivity index (χ4n) is 4.04. The van der Waals surface area contributed by atoms with E-state index in [2.05, 4.69) is 26.2 Å². The second-order valence-electron chi connectivity index (χ2n) is 9.18. The maximum atomic E-state index is 12.5. The van der Waals surface area contributed by atoms with Crippen LogP contribution in [0.1, 0.15) is 19.4 Å². The third-order valence-corrected chi connectivity index (χ3v) is 7.17. The van der Waals surface area contributed by atoms with Gasteiger partial charge in [-0.05, 0) is 60.2 Å². The first kappa shape index (κ1) is 31.3. The van der Waals surface area contributed by atoms with Crippen molar-refractivity contribution in [3.8, 4) is 11.4 Å². The summed E-state index contributed by atoms with van der Waals surface area (Å²) >= 11 is 0.988. The van der Waals surface area contributed by atoms with Crippen molar-refractivity contribution in [1.29, 1.82) is 0 Å². The molecule has 0 saturated heterocycles. The molecule has 0 aliphatic heterocycles. The van der Waals surface area contributed by atoms with E-state index < -0.39 is 12.0 Å². The molecule has 12 nitrogen and oxygen atoms in total. The Balaban J connectivity index is 1.32. The van der Waals surface area contributed by atoms with Crippen molar-refractivity contribution >= 4 is 34.3 Å². The molecule has 2 N–H and O–H groups in total. The Morgan fingerprint density at radius 3 is 2.51 bits per heavy atom. The van der Waals surface area contributed by atoms with Crippen LogP contribution in [0.25, 0.3) is 5.69 Å². The average molecular weight is 606 g/mol. The van der Waals surface area contributed by atoms with Gasteiger partial charge in [0.1, 0.15) is 11.8 Å². The number of aromatic nitrogens is 4. The van der Waals surface area contributed by atoms with Gasteiger partial charge in [0.2, 0.25) is 5.16 Å². The minimum Gasteiger partial charge on any atom is -0.473 e. The Morgan fingerprint density at radius 1 is 0.977 bits per heavy atom. The Hall–Kier alpha value is -4.62. The number of esters is 1. The normalized spacial score (nSPS) is 11.4. The number of benzene rings is 3. The predicted octanol–water partition coefficient (Wildman–Crippen LogP) is 4.83. The van der Waals surface area contributed by atoms with Crippen molar-refractivity contribution in [3.05, 3.63) is 84.4 Å². The molecule has 0 spiro atoms. The fourth-order valence-corrected chi connectivity index (χ4v) is 4.89. The van der Waals surface area contributed by atoms with Crippen molar-refractivity contribution in [2.45, 2.75) is 31.7 Å². The Bertz CT molecular complexity index is 1470. The van der Waals surface area contributed by atoms with Gasteiger partial charge in [-0.15, -0.1) is 5.10 Å². The lowest BCUT2D eigenvalue weighted by atomic mass is 10.2. The molecule has 1 amide bonds. The first-order chi connectivity index (χ1) is 21.0. The number of hydrogen-bond donors (Lipinski definition) is 2. The van der Waals surface area contributed by atoms with E-state index in [0.717, 1.165) is 23.0 Å². The van der Waals surface area contributed by atoms with Crippen LogP contribution in [0, 0.1) is 0 Å². The van der Waals surface area contributed by atoms with Gasteiger partial charge in [0.25, 0.3) is 5.24 Å². The molecule has 1 heterocycles. The second kappa shape index (κ2) is 16.1. The van der Waals surface area contributed by atoms with E-state index in [9.17, 15) is 9.59 Å². The Labute approximate surface area is 254 Å². The van der Waals surface area contributed by atoms with Gasteiger partial charge in [0.15, 0.2) is 6.73 Å². The molecule has 0 bridgehead atoms. The van der Waals surface area contributed by atoms with E-state index in [0.29, 0.717) is 42.0 Å². The highest BCUT2D eigenvalue weighted by molar-refractivity contribution is 8.13. The number of nitrogens with zero attached hydrogens (tertiary/aromatic N) is 5. The summed E-state index contributed by atoms with van der Waals surface area (Å²) in [4.78, 5) is 26.6. The van der Waals surface area contributed by atoms with Gasteiger partial charge in [0.05, 0.1) is 26.0 Å². The first-order valence-electron chi connectivity index (χ1n) is 13.8. The smallest absolute Gasteiger partial charge is 0.330 e. The molecule has 0 radical (unpaired) electrons. The van der Waals surface area contributed by atoms with Gasteiger partial charge in [0, 0.05) is 42.3 Å². The molecule has 0 saturated carbocycles. The molecule has 0 aliphatic rings. The number of carbonyl (C=O) groups excluding carboxylic acids is 2. The zero-order valence-corrected chi connectivity index (χ0v) is 25.1. The number of methoxy groups -OCH3 is 1. The van der Waals surface area contributed by atoms with Gasteiger partial charge in [-0.1, -0.05) is 42.5 Å². The molecule has 43 heavy (non-hydrogen) atoms. The van der Waals surface area contributed by atoms with E-state index in [1.165, 1.54) is 11.8 Å². The Morgan fingerprint density at radius 2 is 1.74 bits per heavy atom. The van der Waals surface area contributed by atoms with Crippen LogP contribution >= 0.6 is 11.8 Å². The third kappa shape index (κ3) is 9.18. The number of carbonyl (C=O) groups is 2. The van der Waals surface area contributed by atoms with Gasteiger partial charge >= 0.3 is 5.97 Å². The second-order valence-corrected chi connectivity index (χ2v) is 10.1. The van der Waals surface area contributed by atoms with E-state index in [-0.39, 0.29) is 18.6 Å². The third-order valence-electron chi connectivity index (χ3n) is 6.30. The summed E-state index contributed by atoms with van der Waals surface area (Å²) in [6.45, 7) is 5.76. The summed E-state index contributed by atoms with van der Waals surface area (Å²) in [7, 11) is 1.35. The summed E-state index contributed by atoms with van der Waals surface area (Å²) < 4.78 is 18.2. The largest absolute Gasteiger partial charge is 0.473 e. The van der Waals surface area contributed by atoms with Crippen LogP contribution in [0.3, 0.4) is 0 Å². The maximum absolute atomic E-state index is 12.5. The molecule has 0 fully saturated rings. The number of amides is 1. The SMILES string of the molecule is CCN(CC)C(=O)Sc1nnnn1-c1cccc(NCOc2cccc(NC(COCc3ccccc3)C(=O)OC)c2)c1. The van der Waals surface area contributed by atoms with Crippen molar-refractivity contribution < 1.29 is 23.8 Å². The number of rotatable bonds is 15. The molecular weight excluding hydrogens is 570 g/mol. The van der Waals surface area contributed by atoms with Gasteiger partial charge < -0.3 is 29.7 Å². The average Bonchev–Trinajstić information content (AvgIpc) is 3.50. The predicted molar refractivity (Wildman–Crippen MR) is 164 cm³/mol. The van der Waals surface area contributed by atoms with E-state index in [1.54, 1.807) is 11.0 Å². The van der Waals surface area contributed by atoms with Crippen LogP contribution in [0.15, 0.2) is 84.0 Å². The zero-order chi connectivity index (χ0) is 30.4. The van der Waals surface area contributed by atoms with Gasteiger partial charge in [-0.2, -0.15) is 4.68 Å².